The minimum Gasteiger partial charge on any atom is -0.316 e. The Morgan fingerprint density at radius 1 is 1.13 bits per heavy atom. The first kappa shape index (κ1) is 20.8. The molecule has 4 rings (SSSR count). The van der Waals surface area contributed by atoms with E-state index in [1.54, 1.807) is 36.0 Å². The van der Waals surface area contributed by atoms with Crippen LogP contribution in [0.5, 0.6) is 0 Å². The number of nitrogens with zero attached hydrogens (tertiary/aromatic N) is 3. The summed E-state index contributed by atoms with van der Waals surface area (Å²) in [6, 6.07) is 12.0. The summed E-state index contributed by atoms with van der Waals surface area (Å²) in [5.74, 6) is 0.0730. The van der Waals surface area contributed by atoms with Crippen molar-refractivity contribution in [2.24, 2.45) is 4.99 Å². The van der Waals surface area contributed by atoms with Gasteiger partial charge in [-0.3, -0.25) is 19.3 Å². The fourth-order valence-electron chi connectivity index (χ4n) is 3.30. The Balaban J connectivity index is 1.67. The number of hydrogen-bond acceptors (Lipinski definition) is 5. The highest BCUT2D eigenvalue weighted by Crippen LogP contribution is 2.24. The Kier molecular flexibility index (Phi) is 6.08. The number of halogens is 1. The molecule has 0 radical (unpaired) electrons. The lowest BCUT2D eigenvalue weighted by atomic mass is 10.2. The quantitative estimate of drug-likeness (QED) is 0.538. The van der Waals surface area contributed by atoms with Crippen LogP contribution >= 0.6 is 34.7 Å². The van der Waals surface area contributed by atoms with Crippen molar-refractivity contribution in [2.45, 2.75) is 19.4 Å². The van der Waals surface area contributed by atoms with Crippen molar-refractivity contribution in [2.75, 3.05) is 16.9 Å². The van der Waals surface area contributed by atoms with Gasteiger partial charge in [0.2, 0.25) is 11.8 Å². The molecule has 0 saturated carbocycles. The average Bonchev–Trinajstić information content (AvgIpc) is 3.24. The SMILES string of the molecule is CSCCn1c(=NC(=O)c2ccc(N3C(=O)CCC3=O)cc2)sc2cc(Cl)ccc21. The number of aromatic nitrogens is 1. The van der Waals surface area contributed by atoms with Crippen LogP contribution in [-0.2, 0) is 16.1 Å². The molecule has 0 atom stereocenters. The summed E-state index contributed by atoms with van der Waals surface area (Å²) in [5.41, 5.74) is 1.86. The second-order valence-electron chi connectivity index (χ2n) is 6.73. The van der Waals surface area contributed by atoms with Crippen molar-refractivity contribution in [1.82, 2.24) is 4.57 Å². The van der Waals surface area contributed by atoms with Crippen molar-refractivity contribution in [3.8, 4) is 0 Å². The first-order valence-electron chi connectivity index (χ1n) is 9.30. The zero-order valence-corrected chi connectivity index (χ0v) is 18.5. The number of anilines is 1. The van der Waals surface area contributed by atoms with Crippen LogP contribution in [0, 0.1) is 0 Å². The van der Waals surface area contributed by atoms with Crippen molar-refractivity contribution < 1.29 is 14.4 Å². The molecule has 0 spiro atoms. The topological polar surface area (TPSA) is 71.7 Å². The van der Waals surface area contributed by atoms with Gasteiger partial charge in [0.25, 0.3) is 5.91 Å². The van der Waals surface area contributed by atoms with Gasteiger partial charge in [0, 0.05) is 35.7 Å². The Labute approximate surface area is 186 Å². The highest BCUT2D eigenvalue weighted by Gasteiger charge is 2.30. The Morgan fingerprint density at radius 2 is 1.83 bits per heavy atom. The molecule has 2 heterocycles. The number of thioether (sulfide) groups is 1. The molecule has 1 aliphatic rings. The summed E-state index contributed by atoms with van der Waals surface area (Å²) in [5, 5.41) is 0.639. The van der Waals surface area contributed by atoms with Gasteiger partial charge in [0.1, 0.15) is 0 Å². The van der Waals surface area contributed by atoms with E-state index in [0.717, 1.165) is 27.4 Å². The number of hydrogen-bond donors (Lipinski definition) is 0. The molecule has 1 saturated heterocycles. The van der Waals surface area contributed by atoms with E-state index in [1.807, 2.05) is 29.0 Å². The fraction of sp³-hybridized carbons (Fsp3) is 0.238. The first-order valence-corrected chi connectivity index (χ1v) is 11.9. The maximum absolute atomic E-state index is 12.8. The standard InChI is InChI=1S/C21H18ClN3O3S2/c1-29-11-10-24-16-7-4-14(22)12-17(16)30-21(24)23-20(28)13-2-5-15(6-3-13)25-18(26)8-9-19(25)27/h2-7,12H,8-11H2,1H3. The highest BCUT2D eigenvalue weighted by molar-refractivity contribution is 7.98. The third kappa shape index (κ3) is 4.08. The number of thiazole rings is 1. The third-order valence-corrected chi connectivity index (χ3v) is 6.65. The molecule has 0 bridgehead atoms. The van der Waals surface area contributed by atoms with Gasteiger partial charge in [-0.25, -0.2) is 0 Å². The number of imide groups is 1. The van der Waals surface area contributed by atoms with Crippen LogP contribution in [0.15, 0.2) is 47.5 Å². The predicted octanol–water partition coefficient (Wildman–Crippen LogP) is 4.11. The highest BCUT2D eigenvalue weighted by atomic mass is 35.5. The van der Waals surface area contributed by atoms with Crippen molar-refractivity contribution >= 4 is 68.3 Å². The average molecular weight is 460 g/mol. The van der Waals surface area contributed by atoms with Gasteiger partial charge in [-0.15, -0.1) is 0 Å². The molecule has 30 heavy (non-hydrogen) atoms. The molecule has 0 aliphatic carbocycles. The molecule has 0 unspecified atom stereocenters. The number of benzene rings is 2. The van der Waals surface area contributed by atoms with Crippen LogP contribution in [0.25, 0.3) is 10.2 Å². The molecule has 6 nitrogen and oxygen atoms in total. The largest absolute Gasteiger partial charge is 0.316 e. The second kappa shape index (κ2) is 8.75. The Hall–Kier alpha value is -2.42. The molecule has 1 fully saturated rings. The van der Waals surface area contributed by atoms with Crippen LogP contribution < -0.4 is 9.70 Å². The van der Waals surface area contributed by atoms with E-state index in [2.05, 4.69) is 4.99 Å². The molecule has 1 aliphatic heterocycles. The third-order valence-electron chi connectivity index (χ3n) is 4.78. The van der Waals surface area contributed by atoms with E-state index >= 15 is 0 Å². The Bertz CT molecular complexity index is 1200. The van der Waals surface area contributed by atoms with Crippen LogP contribution in [0.4, 0.5) is 5.69 Å². The predicted molar refractivity (Wildman–Crippen MR) is 121 cm³/mol. The summed E-state index contributed by atoms with van der Waals surface area (Å²) in [6.07, 6.45) is 2.48. The van der Waals surface area contributed by atoms with Gasteiger partial charge in [-0.1, -0.05) is 22.9 Å². The van der Waals surface area contributed by atoms with Gasteiger partial charge >= 0.3 is 0 Å². The van der Waals surface area contributed by atoms with Crippen LogP contribution in [-0.4, -0.2) is 34.3 Å². The molecule has 1 aromatic heterocycles. The summed E-state index contributed by atoms with van der Waals surface area (Å²) in [7, 11) is 0. The molecule has 0 N–H and O–H groups in total. The van der Waals surface area contributed by atoms with Crippen LogP contribution in [0.3, 0.4) is 0 Å². The smallest absolute Gasteiger partial charge is 0.279 e. The van der Waals surface area contributed by atoms with Crippen LogP contribution in [0.2, 0.25) is 5.02 Å². The van der Waals surface area contributed by atoms with E-state index in [4.69, 9.17) is 11.6 Å². The molecule has 3 aromatic rings. The molecule has 2 aromatic carbocycles. The molecular formula is C21H18ClN3O3S2. The maximum Gasteiger partial charge on any atom is 0.279 e. The van der Waals surface area contributed by atoms with Crippen LogP contribution in [0.1, 0.15) is 23.2 Å². The van der Waals surface area contributed by atoms with Crippen molar-refractivity contribution in [1.29, 1.82) is 0 Å². The lowest BCUT2D eigenvalue weighted by Gasteiger charge is -2.13. The number of fused-ring (bicyclic) bond motifs is 1. The van der Waals surface area contributed by atoms with Gasteiger partial charge in [-0.05, 0) is 48.7 Å². The van der Waals surface area contributed by atoms with E-state index in [1.165, 1.54) is 11.3 Å². The van der Waals surface area contributed by atoms with Crippen molar-refractivity contribution in [3.63, 3.8) is 0 Å². The summed E-state index contributed by atoms with van der Waals surface area (Å²) < 4.78 is 3.00. The first-order chi connectivity index (χ1) is 14.5. The van der Waals surface area contributed by atoms with Gasteiger partial charge in [-0.2, -0.15) is 16.8 Å². The minimum atomic E-state index is -0.379. The number of rotatable bonds is 5. The fourth-order valence-corrected chi connectivity index (χ4v) is 5.00. The summed E-state index contributed by atoms with van der Waals surface area (Å²) in [6.45, 7) is 0.729. The molecular weight excluding hydrogens is 442 g/mol. The van der Waals surface area contributed by atoms with Crippen molar-refractivity contribution in [3.05, 3.63) is 57.9 Å². The minimum absolute atomic E-state index is 0.220. The molecule has 9 heteroatoms. The van der Waals surface area contributed by atoms with E-state index in [0.29, 0.717) is 21.1 Å². The number of amides is 3. The van der Waals surface area contributed by atoms with Gasteiger partial charge < -0.3 is 4.57 Å². The number of aryl methyl sites for hydroxylation is 1. The molecule has 154 valence electrons. The normalized spacial score (nSPS) is 14.9. The monoisotopic (exact) mass is 459 g/mol. The zero-order valence-electron chi connectivity index (χ0n) is 16.1. The second-order valence-corrected chi connectivity index (χ2v) is 9.16. The lowest BCUT2D eigenvalue weighted by molar-refractivity contribution is -0.121. The van der Waals surface area contributed by atoms with E-state index in [-0.39, 0.29) is 30.6 Å². The van der Waals surface area contributed by atoms with E-state index < -0.39 is 0 Å². The lowest BCUT2D eigenvalue weighted by Crippen LogP contribution is -2.28. The van der Waals surface area contributed by atoms with Gasteiger partial charge in [0.15, 0.2) is 4.80 Å². The van der Waals surface area contributed by atoms with E-state index in [9.17, 15) is 14.4 Å². The Morgan fingerprint density at radius 3 is 2.50 bits per heavy atom. The maximum atomic E-state index is 12.8. The summed E-state index contributed by atoms with van der Waals surface area (Å²) in [4.78, 5) is 42.7. The van der Waals surface area contributed by atoms with Gasteiger partial charge in [0.05, 0.1) is 15.9 Å². The zero-order chi connectivity index (χ0) is 21.3. The molecule has 3 amide bonds. The summed E-state index contributed by atoms with van der Waals surface area (Å²) >= 11 is 9.26. The number of carbonyl (C=O) groups excluding carboxylic acids is 3. The number of carbonyl (C=O) groups is 3.